The quantitative estimate of drug-likeness (QED) is 0.357. The first-order valence-electron chi connectivity index (χ1n) is 8.81. The van der Waals surface area contributed by atoms with Crippen molar-refractivity contribution in [3.05, 3.63) is 18.2 Å². The van der Waals surface area contributed by atoms with Gasteiger partial charge in [-0.1, -0.05) is 0 Å². The first kappa shape index (κ1) is 23.4. The average molecular weight is 500 g/mol. The summed E-state index contributed by atoms with van der Waals surface area (Å²) in [7, 11) is 0. The number of piperidine rings is 1. The number of ether oxygens (including phenoxy) is 1. The molecule has 27 heavy (non-hydrogen) atoms. The lowest BCUT2D eigenvalue weighted by atomic mass is 10.1. The van der Waals surface area contributed by atoms with Crippen LogP contribution in [0.3, 0.4) is 0 Å². The maximum absolute atomic E-state index is 12.9. The molecule has 154 valence electrons. The Morgan fingerprint density at radius 3 is 2.70 bits per heavy atom. The van der Waals surface area contributed by atoms with Crippen LogP contribution >= 0.6 is 24.0 Å². The minimum Gasteiger partial charge on any atom is -0.450 e. The van der Waals surface area contributed by atoms with Gasteiger partial charge in [0.25, 0.3) is 0 Å². The maximum Gasteiger partial charge on any atom is 0.409 e. The number of aliphatic imine (C=N–C) groups is 1. The summed E-state index contributed by atoms with van der Waals surface area (Å²) in [6, 6.07) is 0.147. The highest BCUT2D eigenvalue weighted by molar-refractivity contribution is 14.0. The fraction of sp³-hybridized carbons (Fsp3) is 0.688. The summed E-state index contributed by atoms with van der Waals surface area (Å²) in [5.41, 5.74) is 0. The van der Waals surface area contributed by atoms with Gasteiger partial charge in [0, 0.05) is 38.1 Å². The van der Waals surface area contributed by atoms with Crippen molar-refractivity contribution in [3.8, 4) is 0 Å². The molecular formula is C16H27F2IN6O2. The Morgan fingerprint density at radius 1 is 1.41 bits per heavy atom. The SMILES string of the molecule is CCNC(=NCc1nccn1C(F)F)NC1CCN(C(=O)OCC)CC1.I. The van der Waals surface area contributed by atoms with Gasteiger partial charge in [-0.15, -0.1) is 24.0 Å². The predicted molar refractivity (Wildman–Crippen MR) is 108 cm³/mol. The van der Waals surface area contributed by atoms with Gasteiger partial charge in [0.15, 0.2) is 5.96 Å². The molecule has 8 nitrogen and oxygen atoms in total. The number of rotatable bonds is 6. The van der Waals surface area contributed by atoms with Crippen LogP contribution in [-0.4, -0.2) is 58.8 Å². The van der Waals surface area contributed by atoms with Crippen molar-refractivity contribution < 1.29 is 18.3 Å². The number of carbonyl (C=O) groups is 1. The van der Waals surface area contributed by atoms with Gasteiger partial charge in [-0.3, -0.25) is 4.57 Å². The number of halogens is 3. The predicted octanol–water partition coefficient (Wildman–Crippen LogP) is 2.57. The summed E-state index contributed by atoms with van der Waals surface area (Å²) in [4.78, 5) is 21.7. The van der Waals surface area contributed by atoms with Crippen molar-refractivity contribution in [1.82, 2.24) is 25.1 Å². The van der Waals surface area contributed by atoms with Crippen LogP contribution in [0.4, 0.5) is 13.6 Å². The fourth-order valence-corrected chi connectivity index (χ4v) is 2.73. The van der Waals surface area contributed by atoms with E-state index in [4.69, 9.17) is 4.74 Å². The van der Waals surface area contributed by atoms with Crippen LogP contribution in [0.2, 0.25) is 0 Å². The number of hydrogen-bond acceptors (Lipinski definition) is 4. The summed E-state index contributed by atoms with van der Waals surface area (Å²) in [5, 5.41) is 6.40. The Labute approximate surface area is 174 Å². The minimum atomic E-state index is -2.63. The first-order chi connectivity index (χ1) is 12.5. The van der Waals surface area contributed by atoms with Crippen LogP contribution in [0.5, 0.6) is 0 Å². The Morgan fingerprint density at radius 2 is 2.11 bits per heavy atom. The van der Waals surface area contributed by atoms with Gasteiger partial charge in [0.2, 0.25) is 0 Å². The lowest BCUT2D eigenvalue weighted by Crippen LogP contribution is -2.49. The number of hydrogen-bond donors (Lipinski definition) is 2. The van der Waals surface area contributed by atoms with Crippen LogP contribution in [0.15, 0.2) is 17.4 Å². The standard InChI is InChI=1S/C16H26F2N6O2.HI/c1-3-19-15(21-11-13-20-7-10-24(13)14(17)18)22-12-5-8-23(9-6-12)16(25)26-4-2;/h7,10,12,14H,3-6,8-9,11H2,1-2H3,(H2,19,21,22);1H. The molecule has 1 aromatic heterocycles. The smallest absolute Gasteiger partial charge is 0.409 e. The molecule has 1 aliphatic heterocycles. The largest absolute Gasteiger partial charge is 0.450 e. The fourth-order valence-electron chi connectivity index (χ4n) is 2.73. The third-order valence-electron chi connectivity index (χ3n) is 4.04. The van der Waals surface area contributed by atoms with E-state index in [9.17, 15) is 13.6 Å². The zero-order chi connectivity index (χ0) is 18.9. The highest BCUT2D eigenvalue weighted by Gasteiger charge is 2.24. The van der Waals surface area contributed by atoms with E-state index in [1.165, 1.54) is 12.4 Å². The van der Waals surface area contributed by atoms with E-state index in [2.05, 4.69) is 20.6 Å². The number of aromatic nitrogens is 2. The molecule has 0 aliphatic carbocycles. The molecule has 0 atom stereocenters. The number of nitrogens with one attached hydrogen (secondary N) is 2. The number of likely N-dealkylation sites (tertiary alicyclic amines) is 1. The molecule has 2 heterocycles. The molecule has 0 radical (unpaired) electrons. The monoisotopic (exact) mass is 500 g/mol. The van der Waals surface area contributed by atoms with E-state index in [0.717, 1.165) is 17.4 Å². The van der Waals surface area contributed by atoms with Crippen molar-refractivity contribution in [2.45, 2.75) is 45.8 Å². The summed E-state index contributed by atoms with van der Waals surface area (Å²) < 4.78 is 31.5. The minimum absolute atomic E-state index is 0. The molecule has 1 aliphatic rings. The van der Waals surface area contributed by atoms with Crippen molar-refractivity contribution in [2.24, 2.45) is 4.99 Å². The molecule has 0 bridgehead atoms. The van der Waals surface area contributed by atoms with E-state index >= 15 is 0 Å². The Kier molecular flexibility index (Phi) is 10.3. The highest BCUT2D eigenvalue weighted by atomic mass is 127. The normalized spacial score (nSPS) is 15.4. The van der Waals surface area contributed by atoms with Crippen LogP contribution in [0, 0.1) is 0 Å². The number of carbonyl (C=O) groups excluding carboxylic acids is 1. The highest BCUT2D eigenvalue weighted by Crippen LogP contribution is 2.14. The molecule has 1 aromatic rings. The number of imidazole rings is 1. The second-order valence-corrected chi connectivity index (χ2v) is 5.83. The number of guanidine groups is 1. The van der Waals surface area contributed by atoms with E-state index in [0.29, 0.717) is 32.2 Å². The second kappa shape index (κ2) is 11.9. The van der Waals surface area contributed by atoms with Crippen molar-refractivity contribution in [1.29, 1.82) is 0 Å². The molecular weight excluding hydrogens is 473 g/mol. The van der Waals surface area contributed by atoms with Crippen LogP contribution in [0.25, 0.3) is 0 Å². The molecule has 0 saturated carbocycles. The molecule has 11 heteroatoms. The number of nitrogens with zero attached hydrogens (tertiary/aromatic N) is 4. The Hall–Kier alpha value is -1.66. The zero-order valence-corrected chi connectivity index (χ0v) is 17.9. The summed E-state index contributed by atoms with van der Waals surface area (Å²) in [6.45, 7) is 3.35. The Bertz CT molecular complexity index is 605. The van der Waals surface area contributed by atoms with E-state index < -0.39 is 6.55 Å². The second-order valence-electron chi connectivity index (χ2n) is 5.83. The van der Waals surface area contributed by atoms with Crippen molar-refractivity contribution in [2.75, 3.05) is 26.2 Å². The van der Waals surface area contributed by atoms with Crippen molar-refractivity contribution >= 4 is 36.0 Å². The average Bonchev–Trinajstić information content (AvgIpc) is 3.09. The summed E-state index contributed by atoms with van der Waals surface area (Å²) >= 11 is 0. The lowest BCUT2D eigenvalue weighted by molar-refractivity contribution is 0.0670. The summed E-state index contributed by atoms with van der Waals surface area (Å²) in [6.07, 6.45) is 3.80. The molecule has 0 aromatic carbocycles. The molecule has 0 spiro atoms. The van der Waals surface area contributed by atoms with Gasteiger partial charge in [0.05, 0.1) is 6.61 Å². The molecule has 2 rings (SSSR count). The third kappa shape index (κ3) is 7.11. The van der Waals surface area contributed by atoms with Gasteiger partial charge in [-0.2, -0.15) is 8.78 Å². The van der Waals surface area contributed by atoms with E-state index in [-0.39, 0.29) is 48.5 Å². The van der Waals surface area contributed by atoms with Gasteiger partial charge >= 0.3 is 12.6 Å². The molecule has 0 unspecified atom stereocenters. The first-order valence-corrected chi connectivity index (χ1v) is 8.81. The molecule has 2 N–H and O–H groups in total. The zero-order valence-electron chi connectivity index (χ0n) is 15.5. The van der Waals surface area contributed by atoms with Crippen LogP contribution < -0.4 is 10.6 Å². The van der Waals surface area contributed by atoms with E-state index in [1.54, 1.807) is 11.8 Å². The molecule has 1 fully saturated rings. The molecule has 1 saturated heterocycles. The maximum atomic E-state index is 12.9. The lowest BCUT2D eigenvalue weighted by Gasteiger charge is -2.32. The van der Waals surface area contributed by atoms with E-state index in [1.807, 2.05) is 6.92 Å². The topological polar surface area (TPSA) is 83.8 Å². The van der Waals surface area contributed by atoms with Crippen LogP contribution in [-0.2, 0) is 11.3 Å². The number of alkyl halides is 2. The van der Waals surface area contributed by atoms with Gasteiger partial charge in [0.1, 0.15) is 12.4 Å². The third-order valence-corrected chi connectivity index (χ3v) is 4.04. The Balaban J connectivity index is 0.00000364. The van der Waals surface area contributed by atoms with Gasteiger partial charge < -0.3 is 20.3 Å². The van der Waals surface area contributed by atoms with Crippen LogP contribution in [0.1, 0.15) is 39.1 Å². The van der Waals surface area contributed by atoms with Gasteiger partial charge in [-0.05, 0) is 26.7 Å². The van der Waals surface area contributed by atoms with Gasteiger partial charge in [-0.25, -0.2) is 14.8 Å². The van der Waals surface area contributed by atoms with Crippen molar-refractivity contribution in [3.63, 3.8) is 0 Å². The number of amides is 1. The molecule has 1 amide bonds. The summed E-state index contributed by atoms with van der Waals surface area (Å²) in [5.74, 6) is 0.750.